The molecule has 0 amide bonds. The second-order valence-corrected chi connectivity index (χ2v) is 9.10. The molecular weight excluding hydrogens is 374 g/mol. The Bertz CT molecular complexity index is 914. The van der Waals surface area contributed by atoms with Crippen LogP contribution in [-0.2, 0) is 10.2 Å². The van der Waals surface area contributed by atoms with Gasteiger partial charge in [-0.3, -0.25) is 0 Å². The van der Waals surface area contributed by atoms with Crippen LogP contribution in [0.4, 0.5) is 14.6 Å². The van der Waals surface area contributed by atoms with Gasteiger partial charge in [0.15, 0.2) is 0 Å². The molecule has 1 saturated heterocycles. The average molecular weight is 398 g/mol. The average Bonchev–Trinajstić information content (AvgIpc) is 3.24. The Morgan fingerprint density at radius 3 is 2.74 bits per heavy atom. The van der Waals surface area contributed by atoms with Crippen LogP contribution in [0, 0.1) is 17.6 Å². The Morgan fingerprint density at radius 2 is 2.04 bits per heavy atom. The van der Waals surface area contributed by atoms with Gasteiger partial charge in [-0.1, -0.05) is 13.8 Å². The number of hydrogen-bond acceptors (Lipinski definition) is 4. The standard InChI is InChI=1S/C18H24F2N4O2S/c1-13(2)12-22(3)27(25,26)24-18(8-9-21-24)23-10-4-5-17(23)15-11-14(19)6-7-16(15)20/h6-9,11,13,17H,4-5,10,12H2,1-3H3/t17-/m1/s1. The summed E-state index contributed by atoms with van der Waals surface area (Å²) in [5, 5.41) is 4.01. The molecule has 2 heterocycles. The number of halogens is 2. The van der Waals surface area contributed by atoms with Crippen LogP contribution in [0.1, 0.15) is 38.3 Å². The fraction of sp³-hybridized carbons (Fsp3) is 0.500. The lowest BCUT2D eigenvalue weighted by molar-refractivity contribution is 0.408. The Hall–Kier alpha value is -2.00. The molecule has 0 radical (unpaired) electrons. The first-order chi connectivity index (χ1) is 12.7. The van der Waals surface area contributed by atoms with E-state index in [-0.39, 0.29) is 11.5 Å². The highest BCUT2D eigenvalue weighted by Crippen LogP contribution is 2.37. The molecule has 0 N–H and O–H groups in total. The molecule has 1 atom stereocenters. The van der Waals surface area contributed by atoms with Crippen LogP contribution in [0.15, 0.2) is 30.5 Å². The van der Waals surface area contributed by atoms with Crippen LogP contribution < -0.4 is 4.90 Å². The smallest absolute Gasteiger partial charge is 0.324 e. The summed E-state index contributed by atoms with van der Waals surface area (Å²) < 4.78 is 56.1. The molecule has 0 aliphatic carbocycles. The molecule has 1 aliphatic heterocycles. The third-order valence-electron chi connectivity index (χ3n) is 4.69. The van der Waals surface area contributed by atoms with Crippen molar-refractivity contribution >= 4 is 16.0 Å². The molecule has 1 aliphatic rings. The first kappa shape index (κ1) is 19.8. The summed E-state index contributed by atoms with van der Waals surface area (Å²) in [5.41, 5.74) is 0.230. The molecule has 148 valence electrons. The van der Waals surface area contributed by atoms with E-state index < -0.39 is 27.9 Å². The minimum atomic E-state index is -3.85. The quantitative estimate of drug-likeness (QED) is 0.750. The van der Waals surface area contributed by atoms with Crippen molar-refractivity contribution < 1.29 is 17.2 Å². The maximum atomic E-state index is 14.3. The third-order valence-corrected chi connectivity index (χ3v) is 6.35. The summed E-state index contributed by atoms with van der Waals surface area (Å²) in [6, 6.07) is 4.51. The number of rotatable bonds is 6. The van der Waals surface area contributed by atoms with Crippen molar-refractivity contribution in [3.8, 4) is 0 Å². The highest BCUT2D eigenvalue weighted by molar-refractivity contribution is 7.87. The number of hydrogen-bond donors (Lipinski definition) is 0. The molecule has 1 fully saturated rings. The van der Waals surface area contributed by atoms with E-state index in [9.17, 15) is 17.2 Å². The van der Waals surface area contributed by atoms with Crippen LogP contribution in [-0.4, -0.2) is 42.0 Å². The third kappa shape index (κ3) is 3.84. The minimum Gasteiger partial charge on any atom is -0.349 e. The molecule has 9 heteroatoms. The normalized spacial score (nSPS) is 18.0. The van der Waals surface area contributed by atoms with Crippen molar-refractivity contribution in [2.75, 3.05) is 25.0 Å². The van der Waals surface area contributed by atoms with Crippen molar-refractivity contribution in [2.24, 2.45) is 5.92 Å². The highest BCUT2D eigenvalue weighted by atomic mass is 32.2. The monoisotopic (exact) mass is 398 g/mol. The van der Waals surface area contributed by atoms with E-state index >= 15 is 0 Å². The van der Waals surface area contributed by atoms with Gasteiger partial charge in [-0.2, -0.15) is 17.8 Å². The van der Waals surface area contributed by atoms with Gasteiger partial charge in [0.25, 0.3) is 0 Å². The summed E-state index contributed by atoms with van der Waals surface area (Å²) in [6.45, 7) is 4.75. The van der Waals surface area contributed by atoms with E-state index in [0.29, 0.717) is 25.3 Å². The molecule has 0 unspecified atom stereocenters. The zero-order valence-corrected chi connectivity index (χ0v) is 16.5. The Labute approximate surface area is 158 Å². The van der Waals surface area contributed by atoms with Crippen molar-refractivity contribution in [1.29, 1.82) is 0 Å². The van der Waals surface area contributed by atoms with Gasteiger partial charge in [-0.15, -0.1) is 4.09 Å². The first-order valence-corrected chi connectivity index (χ1v) is 10.3. The lowest BCUT2D eigenvalue weighted by Gasteiger charge is -2.28. The van der Waals surface area contributed by atoms with Crippen LogP contribution in [0.3, 0.4) is 0 Å². The number of anilines is 1. The summed E-state index contributed by atoms with van der Waals surface area (Å²) in [7, 11) is -2.34. The van der Waals surface area contributed by atoms with Crippen LogP contribution in [0.25, 0.3) is 0 Å². The lowest BCUT2D eigenvalue weighted by Crippen LogP contribution is -2.37. The minimum absolute atomic E-state index is 0.157. The predicted octanol–water partition coefficient (Wildman–Crippen LogP) is 3.18. The SMILES string of the molecule is CC(C)CN(C)S(=O)(=O)n1nccc1N1CCC[C@@H]1c1cc(F)ccc1F. The lowest BCUT2D eigenvalue weighted by atomic mass is 10.0. The van der Waals surface area contributed by atoms with Gasteiger partial charge >= 0.3 is 10.2 Å². The van der Waals surface area contributed by atoms with Crippen LogP contribution in [0.2, 0.25) is 0 Å². The number of benzene rings is 1. The molecule has 6 nitrogen and oxygen atoms in total. The molecule has 2 aromatic rings. The molecular formula is C18H24F2N4O2S. The summed E-state index contributed by atoms with van der Waals surface area (Å²) >= 11 is 0. The Balaban J connectivity index is 1.98. The number of nitrogens with zero attached hydrogens (tertiary/aromatic N) is 4. The predicted molar refractivity (Wildman–Crippen MR) is 99.7 cm³/mol. The van der Waals surface area contributed by atoms with Crippen molar-refractivity contribution in [2.45, 2.75) is 32.7 Å². The maximum Gasteiger partial charge on any atom is 0.324 e. The molecule has 1 aromatic carbocycles. The second kappa shape index (κ2) is 7.55. The van der Waals surface area contributed by atoms with Gasteiger partial charge in [-0.05, 0) is 37.0 Å². The van der Waals surface area contributed by atoms with E-state index in [1.54, 1.807) is 11.0 Å². The molecule has 0 saturated carbocycles. The zero-order chi connectivity index (χ0) is 19.8. The van der Waals surface area contributed by atoms with Gasteiger partial charge in [-0.25, -0.2) is 8.78 Å². The van der Waals surface area contributed by atoms with Crippen molar-refractivity contribution in [3.05, 3.63) is 47.7 Å². The fourth-order valence-corrected chi connectivity index (χ4v) is 4.87. The molecule has 3 rings (SSSR count). The summed E-state index contributed by atoms with van der Waals surface area (Å²) in [4.78, 5) is 1.78. The number of aromatic nitrogens is 2. The van der Waals surface area contributed by atoms with Gasteiger partial charge < -0.3 is 4.90 Å². The molecule has 0 bridgehead atoms. The van der Waals surface area contributed by atoms with Gasteiger partial charge in [0.2, 0.25) is 0 Å². The van der Waals surface area contributed by atoms with Crippen LogP contribution >= 0.6 is 0 Å². The fourth-order valence-electron chi connectivity index (χ4n) is 3.54. The van der Waals surface area contributed by atoms with Gasteiger partial charge in [0.1, 0.15) is 17.5 Å². The van der Waals surface area contributed by atoms with E-state index in [4.69, 9.17) is 0 Å². The topological polar surface area (TPSA) is 58.4 Å². The first-order valence-electron chi connectivity index (χ1n) is 8.94. The maximum absolute atomic E-state index is 14.3. The Kier molecular flexibility index (Phi) is 5.53. The molecule has 0 spiro atoms. The highest BCUT2D eigenvalue weighted by Gasteiger charge is 2.34. The van der Waals surface area contributed by atoms with E-state index in [1.807, 2.05) is 13.8 Å². The van der Waals surface area contributed by atoms with E-state index in [2.05, 4.69) is 5.10 Å². The van der Waals surface area contributed by atoms with E-state index in [1.165, 1.54) is 23.6 Å². The largest absolute Gasteiger partial charge is 0.349 e. The van der Waals surface area contributed by atoms with Crippen molar-refractivity contribution in [1.82, 2.24) is 13.5 Å². The zero-order valence-electron chi connectivity index (χ0n) is 15.6. The van der Waals surface area contributed by atoms with Gasteiger partial charge in [0, 0.05) is 31.8 Å². The van der Waals surface area contributed by atoms with Gasteiger partial charge in [0.05, 0.1) is 12.2 Å². The van der Waals surface area contributed by atoms with Crippen LogP contribution in [0.5, 0.6) is 0 Å². The molecule has 1 aromatic heterocycles. The molecule has 27 heavy (non-hydrogen) atoms. The van der Waals surface area contributed by atoms with E-state index in [0.717, 1.165) is 22.6 Å². The summed E-state index contributed by atoms with van der Waals surface area (Å²) in [5.74, 6) is -0.503. The Morgan fingerprint density at radius 1 is 1.30 bits per heavy atom. The van der Waals surface area contributed by atoms with Crippen molar-refractivity contribution in [3.63, 3.8) is 0 Å². The second-order valence-electron chi connectivity index (χ2n) is 7.23. The summed E-state index contributed by atoms with van der Waals surface area (Å²) in [6.07, 6.45) is 2.76.